The highest BCUT2D eigenvalue weighted by atomic mass is 35.5. The number of hydrogen-bond donors (Lipinski definition) is 2. The number of carbonyl (C=O) groups excluding carboxylic acids is 1. The predicted octanol–water partition coefficient (Wildman–Crippen LogP) is 4.24. The van der Waals surface area contributed by atoms with E-state index < -0.39 is 5.91 Å². The van der Waals surface area contributed by atoms with Crippen LogP contribution < -0.4 is 5.32 Å². The van der Waals surface area contributed by atoms with Gasteiger partial charge in [0.2, 0.25) is 0 Å². The fourth-order valence-electron chi connectivity index (χ4n) is 1.66. The van der Waals surface area contributed by atoms with Crippen LogP contribution >= 0.6 is 23.2 Å². The lowest BCUT2D eigenvalue weighted by Crippen LogP contribution is -2.13. The van der Waals surface area contributed by atoms with E-state index in [1.807, 2.05) is 6.07 Å². The van der Waals surface area contributed by atoms with E-state index in [-0.39, 0.29) is 16.3 Å². The Morgan fingerprint density at radius 2 is 1.86 bits per heavy atom. The predicted molar refractivity (Wildman–Crippen MR) is 86.8 cm³/mol. The molecular weight excluding hydrogens is 323 g/mol. The van der Waals surface area contributed by atoms with Gasteiger partial charge in [-0.2, -0.15) is 5.26 Å². The molecule has 0 aliphatic heterocycles. The van der Waals surface area contributed by atoms with E-state index in [0.29, 0.717) is 16.3 Å². The number of nitrogens with one attached hydrogen (secondary N) is 1. The summed E-state index contributed by atoms with van der Waals surface area (Å²) in [5.74, 6) is -0.614. The van der Waals surface area contributed by atoms with Crippen molar-refractivity contribution < 1.29 is 9.90 Å². The van der Waals surface area contributed by atoms with E-state index in [2.05, 4.69) is 5.32 Å². The Kier molecular flexibility index (Phi) is 5.05. The Balaban J connectivity index is 2.21. The van der Waals surface area contributed by atoms with Gasteiger partial charge in [0, 0.05) is 10.7 Å². The minimum absolute atomic E-state index is 0.0667. The third kappa shape index (κ3) is 4.01. The molecule has 2 aromatic carbocycles. The molecule has 0 aliphatic rings. The van der Waals surface area contributed by atoms with Gasteiger partial charge in [0.25, 0.3) is 5.91 Å². The van der Waals surface area contributed by atoms with Crippen molar-refractivity contribution in [2.45, 2.75) is 0 Å². The van der Waals surface area contributed by atoms with Gasteiger partial charge in [0.1, 0.15) is 17.4 Å². The van der Waals surface area contributed by atoms with Gasteiger partial charge in [-0.3, -0.25) is 4.79 Å². The summed E-state index contributed by atoms with van der Waals surface area (Å²) in [6.07, 6.45) is 1.39. The lowest BCUT2D eigenvalue weighted by Gasteiger charge is -2.04. The maximum absolute atomic E-state index is 12.1. The Bertz CT molecular complexity index is 778. The fourth-order valence-corrected chi connectivity index (χ4v) is 1.97. The van der Waals surface area contributed by atoms with E-state index in [4.69, 9.17) is 28.5 Å². The molecule has 0 unspecified atom stereocenters. The largest absolute Gasteiger partial charge is 0.506 e. The normalized spacial score (nSPS) is 10.9. The van der Waals surface area contributed by atoms with Gasteiger partial charge < -0.3 is 10.4 Å². The van der Waals surface area contributed by atoms with Gasteiger partial charge >= 0.3 is 0 Å². The van der Waals surface area contributed by atoms with Crippen molar-refractivity contribution in [1.82, 2.24) is 0 Å². The molecule has 2 N–H and O–H groups in total. The third-order valence-corrected chi connectivity index (χ3v) is 3.30. The van der Waals surface area contributed by atoms with Crippen LogP contribution in [0.1, 0.15) is 5.56 Å². The molecule has 6 heteroatoms. The second-order valence-corrected chi connectivity index (χ2v) is 5.19. The van der Waals surface area contributed by atoms with Crippen molar-refractivity contribution in [2.24, 2.45) is 0 Å². The van der Waals surface area contributed by atoms with Gasteiger partial charge in [-0.25, -0.2) is 0 Å². The zero-order valence-electron chi connectivity index (χ0n) is 11.2. The van der Waals surface area contributed by atoms with Gasteiger partial charge in [0.15, 0.2) is 0 Å². The molecule has 0 radical (unpaired) electrons. The molecule has 4 nitrogen and oxygen atoms in total. The first-order chi connectivity index (χ1) is 10.5. The lowest BCUT2D eigenvalue weighted by molar-refractivity contribution is -0.112. The highest BCUT2D eigenvalue weighted by Crippen LogP contribution is 2.25. The van der Waals surface area contributed by atoms with Crippen molar-refractivity contribution in [1.29, 1.82) is 5.26 Å². The first-order valence-corrected chi connectivity index (χ1v) is 6.92. The van der Waals surface area contributed by atoms with Gasteiger partial charge in [-0.1, -0.05) is 29.3 Å². The Morgan fingerprint density at radius 3 is 2.45 bits per heavy atom. The second-order valence-electron chi connectivity index (χ2n) is 4.34. The Labute approximate surface area is 137 Å². The number of halogens is 2. The number of hydrogen-bond acceptors (Lipinski definition) is 3. The van der Waals surface area contributed by atoms with Crippen molar-refractivity contribution in [2.75, 3.05) is 5.32 Å². The van der Waals surface area contributed by atoms with Crippen molar-refractivity contribution in [3.05, 3.63) is 63.6 Å². The molecule has 110 valence electrons. The summed E-state index contributed by atoms with van der Waals surface area (Å²) in [6, 6.07) is 12.8. The number of aromatic hydroxyl groups is 1. The lowest BCUT2D eigenvalue weighted by atomic mass is 10.1. The molecule has 0 aliphatic carbocycles. The van der Waals surface area contributed by atoms with Gasteiger partial charge in [-0.05, 0) is 48.0 Å². The SMILES string of the molecule is N#C/C(=C/c1ccc(O)c(Cl)c1)C(=O)Nc1ccc(Cl)cc1. The highest BCUT2D eigenvalue weighted by Gasteiger charge is 2.10. The van der Waals surface area contributed by atoms with Crippen LogP contribution in [0.4, 0.5) is 5.69 Å². The zero-order chi connectivity index (χ0) is 16.1. The van der Waals surface area contributed by atoms with Crippen LogP contribution in [0.5, 0.6) is 5.75 Å². The molecule has 0 fully saturated rings. The third-order valence-electron chi connectivity index (χ3n) is 2.75. The number of phenolic OH excluding ortho intramolecular Hbond substituents is 1. The number of nitrogens with zero attached hydrogens (tertiary/aromatic N) is 1. The highest BCUT2D eigenvalue weighted by molar-refractivity contribution is 6.32. The van der Waals surface area contributed by atoms with Crippen molar-refractivity contribution in [3.63, 3.8) is 0 Å². The quantitative estimate of drug-likeness (QED) is 0.652. The average molecular weight is 333 g/mol. The van der Waals surface area contributed by atoms with Crippen LogP contribution in [-0.4, -0.2) is 11.0 Å². The molecule has 0 saturated carbocycles. The topological polar surface area (TPSA) is 73.1 Å². The molecule has 0 bridgehead atoms. The van der Waals surface area contributed by atoms with Gasteiger partial charge in [0.05, 0.1) is 5.02 Å². The van der Waals surface area contributed by atoms with E-state index in [1.165, 1.54) is 18.2 Å². The average Bonchev–Trinajstić information content (AvgIpc) is 2.50. The minimum Gasteiger partial charge on any atom is -0.506 e. The number of amides is 1. The van der Waals surface area contributed by atoms with Crippen LogP contribution in [0.25, 0.3) is 6.08 Å². The summed E-state index contributed by atoms with van der Waals surface area (Å²) in [5.41, 5.74) is 0.974. The minimum atomic E-state index is -0.547. The second kappa shape index (κ2) is 6.99. The maximum Gasteiger partial charge on any atom is 0.266 e. The Morgan fingerprint density at radius 1 is 1.18 bits per heavy atom. The number of phenols is 1. The monoisotopic (exact) mass is 332 g/mol. The van der Waals surface area contributed by atoms with Crippen LogP contribution in [-0.2, 0) is 4.79 Å². The first-order valence-electron chi connectivity index (χ1n) is 6.17. The van der Waals surface area contributed by atoms with Crippen LogP contribution in [0.15, 0.2) is 48.0 Å². The van der Waals surface area contributed by atoms with Crippen LogP contribution in [0.3, 0.4) is 0 Å². The number of benzene rings is 2. The maximum atomic E-state index is 12.1. The molecular formula is C16H10Cl2N2O2. The summed E-state index contributed by atoms with van der Waals surface area (Å²) in [4.78, 5) is 12.1. The van der Waals surface area contributed by atoms with E-state index in [0.717, 1.165) is 0 Å². The van der Waals surface area contributed by atoms with E-state index in [1.54, 1.807) is 30.3 Å². The molecule has 1 amide bonds. The summed E-state index contributed by atoms with van der Waals surface area (Å²) in [7, 11) is 0. The number of anilines is 1. The van der Waals surface area contributed by atoms with Crippen molar-refractivity contribution >= 4 is 40.9 Å². The smallest absolute Gasteiger partial charge is 0.266 e. The summed E-state index contributed by atoms with van der Waals surface area (Å²) >= 11 is 11.6. The van der Waals surface area contributed by atoms with Crippen molar-refractivity contribution in [3.8, 4) is 11.8 Å². The fraction of sp³-hybridized carbons (Fsp3) is 0. The number of nitriles is 1. The molecule has 0 saturated heterocycles. The van der Waals surface area contributed by atoms with Crippen LogP contribution in [0, 0.1) is 11.3 Å². The molecule has 0 heterocycles. The van der Waals surface area contributed by atoms with E-state index in [9.17, 15) is 9.90 Å². The zero-order valence-corrected chi connectivity index (χ0v) is 12.7. The molecule has 2 rings (SSSR count). The molecule has 22 heavy (non-hydrogen) atoms. The van der Waals surface area contributed by atoms with Gasteiger partial charge in [-0.15, -0.1) is 0 Å². The Hall–Kier alpha value is -2.48. The molecule has 0 aromatic heterocycles. The summed E-state index contributed by atoms with van der Waals surface area (Å²) in [5, 5.41) is 21.8. The number of carbonyl (C=O) groups is 1. The van der Waals surface area contributed by atoms with Crippen LogP contribution in [0.2, 0.25) is 10.0 Å². The van der Waals surface area contributed by atoms with E-state index >= 15 is 0 Å². The summed E-state index contributed by atoms with van der Waals surface area (Å²) in [6.45, 7) is 0. The summed E-state index contributed by atoms with van der Waals surface area (Å²) < 4.78 is 0. The molecule has 0 spiro atoms. The molecule has 2 aromatic rings. The first kappa shape index (κ1) is 15.9. The standard InChI is InChI=1S/C16H10Cl2N2O2/c17-12-2-4-13(5-3-12)20-16(22)11(9-19)7-10-1-6-15(21)14(18)8-10/h1-8,21H,(H,20,22)/b11-7-. The number of rotatable bonds is 3. The molecule has 0 atom stereocenters.